The molecule has 3 rings (SSSR count). The van der Waals surface area contributed by atoms with Crippen LogP contribution in [0.5, 0.6) is 0 Å². The predicted octanol–water partition coefficient (Wildman–Crippen LogP) is 3.96. The van der Waals surface area contributed by atoms with Crippen molar-refractivity contribution in [3.63, 3.8) is 0 Å². The van der Waals surface area contributed by atoms with Gasteiger partial charge in [0, 0.05) is 11.6 Å². The third kappa shape index (κ3) is 1.97. The van der Waals surface area contributed by atoms with E-state index in [0.717, 1.165) is 6.07 Å². The van der Waals surface area contributed by atoms with Crippen LogP contribution in [-0.4, -0.2) is 9.97 Å². The van der Waals surface area contributed by atoms with Gasteiger partial charge < -0.3 is 4.98 Å². The maximum Gasteiger partial charge on any atom is 0.153 e. The highest BCUT2D eigenvalue weighted by Gasteiger charge is 2.11. The van der Waals surface area contributed by atoms with Crippen LogP contribution < -0.4 is 0 Å². The summed E-state index contributed by atoms with van der Waals surface area (Å²) < 4.78 is 39.8. The van der Waals surface area contributed by atoms with E-state index in [2.05, 4.69) is 9.97 Å². The molecule has 0 aliphatic heterocycles. The van der Waals surface area contributed by atoms with Gasteiger partial charge in [0.05, 0.1) is 5.52 Å². The van der Waals surface area contributed by atoms with Gasteiger partial charge in [-0.2, -0.15) is 0 Å². The fourth-order valence-electron chi connectivity index (χ4n) is 1.97. The highest BCUT2D eigenvalue weighted by Crippen LogP contribution is 2.24. The lowest BCUT2D eigenvalue weighted by molar-refractivity contribution is 0.590. The van der Waals surface area contributed by atoms with Crippen LogP contribution in [0.15, 0.2) is 30.3 Å². The Kier molecular flexibility index (Phi) is 2.55. The molecule has 5 heteroatoms. The average molecular weight is 262 g/mol. The van der Waals surface area contributed by atoms with Gasteiger partial charge in [-0.15, -0.1) is 0 Å². The number of hydrogen-bond donors (Lipinski definition) is 1. The molecule has 0 saturated carbocycles. The number of hydrogen-bond acceptors (Lipinski definition) is 1. The number of fused-ring (bicyclic) bond motifs is 1. The maximum atomic E-state index is 13.5. The molecular formula is C14H9F3N2. The zero-order chi connectivity index (χ0) is 13.6. The first kappa shape index (κ1) is 11.8. The summed E-state index contributed by atoms with van der Waals surface area (Å²) in [4.78, 5) is 6.90. The number of benzene rings is 2. The molecule has 2 nitrogen and oxygen atoms in total. The molecule has 0 bridgehead atoms. The summed E-state index contributed by atoms with van der Waals surface area (Å²) in [7, 11) is 0. The van der Waals surface area contributed by atoms with Gasteiger partial charge in [-0.1, -0.05) is 0 Å². The predicted molar refractivity (Wildman–Crippen MR) is 66.1 cm³/mol. The van der Waals surface area contributed by atoms with Crippen LogP contribution in [0.1, 0.15) is 5.56 Å². The van der Waals surface area contributed by atoms with Gasteiger partial charge in [0.25, 0.3) is 0 Å². The lowest BCUT2D eigenvalue weighted by Crippen LogP contribution is -1.85. The van der Waals surface area contributed by atoms with Crippen molar-refractivity contribution in [2.75, 3.05) is 0 Å². The zero-order valence-corrected chi connectivity index (χ0v) is 9.97. The van der Waals surface area contributed by atoms with Crippen LogP contribution in [0.25, 0.3) is 22.4 Å². The Bertz CT molecular complexity index is 778. The SMILES string of the molecule is Cc1cc(-c2nc3c(F)cc(F)cc3[nH]2)ccc1F. The molecule has 1 heterocycles. The standard InChI is InChI=1S/C14H9F3N2/c1-7-4-8(2-3-10(7)16)14-18-12-6-9(15)5-11(17)13(12)19-14/h2-6H,1H3,(H,18,19). The molecule has 0 aliphatic carbocycles. The Hall–Kier alpha value is -2.30. The largest absolute Gasteiger partial charge is 0.338 e. The van der Waals surface area contributed by atoms with Crippen molar-refractivity contribution in [2.45, 2.75) is 6.92 Å². The van der Waals surface area contributed by atoms with Gasteiger partial charge in [-0.05, 0) is 36.8 Å². The summed E-state index contributed by atoms with van der Waals surface area (Å²) in [6.45, 7) is 1.63. The zero-order valence-electron chi connectivity index (χ0n) is 9.97. The van der Waals surface area contributed by atoms with Gasteiger partial charge in [0.2, 0.25) is 0 Å². The number of aromatic amines is 1. The smallest absolute Gasteiger partial charge is 0.153 e. The Morgan fingerprint density at radius 3 is 2.53 bits per heavy atom. The molecule has 19 heavy (non-hydrogen) atoms. The van der Waals surface area contributed by atoms with E-state index in [0.29, 0.717) is 17.0 Å². The van der Waals surface area contributed by atoms with Crippen molar-refractivity contribution in [1.82, 2.24) is 9.97 Å². The van der Waals surface area contributed by atoms with Gasteiger partial charge in [-0.3, -0.25) is 0 Å². The van der Waals surface area contributed by atoms with Crippen molar-refractivity contribution in [1.29, 1.82) is 0 Å². The monoisotopic (exact) mass is 262 g/mol. The topological polar surface area (TPSA) is 28.7 Å². The number of H-pyrrole nitrogens is 1. The van der Waals surface area contributed by atoms with E-state index < -0.39 is 11.6 Å². The molecule has 1 aromatic heterocycles. The Balaban J connectivity index is 2.20. The van der Waals surface area contributed by atoms with Crippen molar-refractivity contribution in [2.24, 2.45) is 0 Å². The second kappa shape index (κ2) is 4.12. The first-order valence-corrected chi connectivity index (χ1v) is 5.66. The van der Waals surface area contributed by atoms with Crippen molar-refractivity contribution < 1.29 is 13.2 Å². The molecule has 0 unspecified atom stereocenters. The van der Waals surface area contributed by atoms with E-state index in [9.17, 15) is 13.2 Å². The summed E-state index contributed by atoms with van der Waals surface area (Å²) in [5.74, 6) is -1.34. The molecule has 2 aromatic carbocycles. The number of nitrogens with one attached hydrogen (secondary N) is 1. The Morgan fingerprint density at radius 2 is 1.79 bits per heavy atom. The van der Waals surface area contributed by atoms with E-state index >= 15 is 0 Å². The van der Waals surface area contributed by atoms with Gasteiger partial charge >= 0.3 is 0 Å². The van der Waals surface area contributed by atoms with E-state index in [1.54, 1.807) is 13.0 Å². The summed E-state index contributed by atoms with van der Waals surface area (Å²) in [5.41, 5.74) is 1.42. The number of aryl methyl sites for hydroxylation is 1. The molecule has 0 amide bonds. The van der Waals surface area contributed by atoms with Crippen molar-refractivity contribution in [3.8, 4) is 11.4 Å². The van der Waals surface area contributed by atoms with Crippen LogP contribution in [0.4, 0.5) is 13.2 Å². The fraction of sp³-hybridized carbons (Fsp3) is 0.0714. The Labute approximate surface area is 106 Å². The molecule has 0 aliphatic rings. The quantitative estimate of drug-likeness (QED) is 0.706. The van der Waals surface area contributed by atoms with Crippen LogP contribution in [0.2, 0.25) is 0 Å². The third-order valence-electron chi connectivity index (χ3n) is 2.94. The minimum absolute atomic E-state index is 0.0679. The van der Waals surface area contributed by atoms with Crippen LogP contribution >= 0.6 is 0 Å². The lowest BCUT2D eigenvalue weighted by Gasteiger charge is -1.99. The maximum absolute atomic E-state index is 13.5. The first-order valence-electron chi connectivity index (χ1n) is 5.66. The minimum atomic E-state index is -0.726. The van der Waals surface area contributed by atoms with E-state index in [4.69, 9.17) is 0 Å². The van der Waals surface area contributed by atoms with Crippen molar-refractivity contribution >= 4 is 11.0 Å². The highest BCUT2D eigenvalue weighted by atomic mass is 19.1. The summed E-state index contributed by atoms with van der Waals surface area (Å²) in [6, 6.07) is 6.40. The van der Waals surface area contributed by atoms with Crippen LogP contribution in [-0.2, 0) is 0 Å². The average Bonchev–Trinajstić information content (AvgIpc) is 2.76. The van der Waals surface area contributed by atoms with Gasteiger partial charge in [0.15, 0.2) is 5.82 Å². The molecule has 0 saturated heterocycles. The van der Waals surface area contributed by atoms with E-state index in [1.807, 2.05) is 0 Å². The third-order valence-corrected chi connectivity index (χ3v) is 2.94. The van der Waals surface area contributed by atoms with Crippen molar-refractivity contribution in [3.05, 3.63) is 53.3 Å². The van der Waals surface area contributed by atoms with Crippen LogP contribution in [0.3, 0.4) is 0 Å². The van der Waals surface area contributed by atoms with Crippen LogP contribution in [0, 0.1) is 24.4 Å². The summed E-state index contributed by atoms with van der Waals surface area (Å²) in [5, 5.41) is 0. The number of imidazole rings is 1. The second-order valence-corrected chi connectivity index (χ2v) is 4.33. The number of aromatic nitrogens is 2. The number of rotatable bonds is 1. The second-order valence-electron chi connectivity index (χ2n) is 4.33. The van der Waals surface area contributed by atoms with E-state index in [-0.39, 0.29) is 16.9 Å². The minimum Gasteiger partial charge on any atom is -0.338 e. The van der Waals surface area contributed by atoms with Gasteiger partial charge in [-0.25, -0.2) is 18.2 Å². The van der Waals surface area contributed by atoms with Gasteiger partial charge in [0.1, 0.15) is 23.0 Å². The highest BCUT2D eigenvalue weighted by molar-refractivity contribution is 5.80. The molecule has 0 radical (unpaired) electrons. The summed E-state index contributed by atoms with van der Waals surface area (Å²) in [6.07, 6.45) is 0. The fourth-order valence-corrected chi connectivity index (χ4v) is 1.97. The molecule has 0 spiro atoms. The molecule has 96 valence electrons. The molecular weight excluding hydrogens is 253 g/mol. The number of nitrogens with zero attached hydrogens (tertiary/aromatic N) is 1. The summed E-state index contributed by atoms with van der Waals surface area (Å²) >= 11 is 0. The molecule has 3 aromatic rings. The lowest BCUT2D eigenvalue weighted by atomic mass is 10.1. The van der Waals surface area contributed by atoms with E-state index in [1.165, 1.54) is 18.2 Å². The molecule has 0 fully saturated rings. The Morgan fingerprint density at radius 1 is 1.00 bits per heavy atom. The first-order chi connectivity index (χ1) is 9.04. The molecule has 1 N–H and O–H groups in total. The number of halogens is 3. The normalized spacial score (nSPS) is 11.2. The molecule has 0 atom stereocenters.